The van der Waals surface area contributed by atoms with Crippen LogP contribution in [0.4, 0.5) is 13.2 Å². The van der Waals surface area contributed by atoms with Crippen molar-refractivity contribution in [2.24, 2.45) is 16.8 Å². The third kappa shape index (κ3) is 4.96. The number of nitrogens with zero attached hydrogens (tertiary/aromatic N) is 1. The summed E-state index contributed by atoms with van der Waals surface area (Å²) >= 11 is 0. The number of piperidine rings is 1. The van der Waals surface area contributed by atoms with Gasteiger partial charge in [-0.05, 0) is 64.0 Å². The maximum Gasteiger partial charge on any atom is 0.389 e. The van der Waals surface area contributed by atoms with Gasteiger partial charge in [0.15, 0.2) is 0 Å². The van der Waals surface area contributed by atoms with Crippen molar-refractivity contribution >= 4 is 11.7 Å². The van der Waals surface area contributed by atoms with Gasteiger partial charge in [0.25, 0.3) is 5.91 Å². The van der Waals surface area contributed by atoms with Crippen LogP contribution in [0.1, 0.15) is 65.2 Å². The average Bonchev–Trinajstić information content (AvgIpc) is 2.84. The molecule has 0 aromatic heterocycles. The van der Waals surface area contributed by atoms with E-state index in [4.69, 9.17) is 4.99 Å². The summed E-state index contributed by atoms with van der Waals surface area (Å²) in [6.45, 7) is 1.63. The SMILES string of the molecule is C.O=C1NC(C2CCC(CCCC(F)(F)F)CC2)=NC12CCNCC2. The second-order valence-electron chi connectivity index (χ2n) is 7.46. The van der Waals surface area contributed by atoms with Crippen molar-refractivity contribution in [3.63, 3.8) is 0 Å². The van der Waals surface area contributed by atoms with Gasteiger partial charge in [0, 0.05) is 12.3 Å². The fourth-order valence-electron chi connectivity index (χ4n) is 4.23. The number of rotatable bonds is 4. The molecule has 1 spiro atoms. The van der Waals surface area contributed by atoms with Gasteiger partial charge in [-0.1, -0.05) is 13.8 Å². The molecule has 25 heavy (non-hydrogen) atoms. The Labute approximate surface area is 148 Å². The van der Waals surface area contributed by atoms with Gasteiger partial charge in [0.1, 0.15) is 11.4 Å². The molecule has 1 saturated heterocycles. The molecule has 3 aliphatic rings. The Bertz CT molecular complexity index is 490. The van der Waals surface area contributed by atoms with Gasteiger partial charge in [-0.15, -0.1) is 0 Å². The summed E-state index contributed by atoms with van der Waals surface area (Å²) in [6, 6.07) is 0. The van der Waals surface area contributed by atoms with Crippen LogP contribution < -0.4 is 10.6 Å². The first kappa shape index (κ1) is 20.2. The van der Waals surface area contributed by atoms with E-state index in [2.05, 4.69) is 10.6 Å². The van der Waals surface area contributed by atoms with Gasteiger partial charge >= 0.3 is 6.18 Å². The minimum absolute atomic E-state index is 0. The molecule has 0 atom stereocenters. The lowest BCUT2D eigenvalue weighted by Gasteiger charge is -2.29. The van der Waals surface area contributed by atoms with Crippen molar-refractivity contribution < 1.29 is 18.0 Å². The largest absolute Gasteiger partial charge is 0.389 e. The molecule has 1 saturated carbocycles. The summed E-state index contributed by atoms with van der Waals surface area (Å²) in [5, 5.41) is 6.25. The molecule has 3 rings (SSSR count). The highest BCUT2D eigenvalue weighted by atomic mass is 19.4. The molecule has 0 aromatic carbocycles. The van der Waals surface area contributed by atoms with Gasteiger partial charge in [0.2, 0.25) is 0 Å². The second-order valence-corrected chi connectivity index (χ2v) is 7.46. The topological polar surface area (TPSA) is 53.5 Å². The van der Waals surface area contributed by atoms with E-state index in [1.807, 2.05) is 0 Å². The van der Waals surface area contributed by atoms with Crippen LogP contribution in [0.25, 0.3) is 0 Å². The van der Waals surface area contributed by atoms with E-state index in [1.165, 1.54) is 0 Å². The molecule has 7 heteroatoms. The van der Waals surface area contributed by atoms with E-state index in [-0.39, 0.29) is 25.7 Å². The zero-order chi connectivity index (χ0) is 17.2. The highest BCUT2D eigenvalue weighted by Crippen LogP contribution is 2.36. The van der Waals surface area contributed by atoms with E-state index >= 15 is 0 Å². The number of amides is 1. The molecule has 4 nitrogen and oxygen atoms in total. The average molecular weight is 361 g/mol. The van der Waals surface area contributed by atoms with Crippen LogP contribution in [0.2, 0.25) is 0 Å². The van der Waals surface area contributed by atoms with Crippen LogP contribution in [0.15, 0.2) is 4.99 Å². The van der Waals surface area contributed by atoms with Crippen molar-refractivity contribution in [2.75, 3.05) is 13.1 Å². The molecule has 144 valence electrons. The Morgan fingerprint density at radius 2 is 1.76 bits per heavy atom. The molecule has 1 aliphatic carbocycles. The maximum absolute atomic E-state index is 12.3. The zero-order valence-electron chi connectivity index (χ0n) is 13.9. The Balaban J connectivity index is 0.00000225. The second kappa shape index (κ2) is 8.06. The molecular weight excluding hydrogens is 331 g/mol. The number of nitrogens with one attached hydrogen (secondary N) is 2. The predicted octanol–water partition coefficient (Wildman–Crippen LogP) is 3.81. The third-order valence-electron chi connectivity index (χ3n) is 5.74. The first-order chi connectivity index (χ1) is 11.4. The number of alkyl halides is 3. The molecule has 0 aromatic rings. The lowest BCUT2D eigenvalue weighted by Crippen LogP contribution is -2.47. The van der Waals surface area contributed by atoms with Crippen molar-refractivity contribution in [3.8, 4) is 0 Å². The molecule has 2 fully saturated rings. The van der Waals surface area contributed by atoms with Crippen LogP contribution in [-0.4, -0.2) is 36.5 Å². The molecule has 1 amide bonds. The van der Waals surface area contributed by atoms with Crippen molar-refractivity contribution in [3.05, 3.63) is 0 Å². The predicted molar refractivity (Wildman–Crippen MR) is 92.5 cm³/mol. The van der Waals surface area contributed by atoms with Gasteiger partial charge in [0.05, 0.1) is 0 Å². The van der Waals surface area contributed by atoms with Crippen LogP contribution >= 0.6 is 0 Å². The Morgan fingerprint density at radius 1 is 1.12 bits per heavy atom. The van der Waals surface area contributed by atoms with E-state index in [1.54, 1.807) is 0 Å². The maximum atomic E-state index is 12.3. The van der Waals surface area contributed by atoms with E-state index in [0.29, 0.717) is 12.3 Å². The minimum Gasteiger partial charge on any atom is -0.317 e. The molecule has 0 bridgehead atoms. The summed E-state index contributed by atoms with van der Waals surface area (Å²) in [7, 11) is 0. The van der Waals surface area contributed by atoms with E-state index < -0.39 is 18.1 Å². The lowest BCUT2D eigenvalue weighted by molar-refractivity contribution is -0.136. The molecule has 2 heterocycles. The Morgan fingerprint density at radius 3 is 2.36 bits per heavy atom. The van der Waals surface area contributed by atoms with Gasteiger partial charge < -0.3 is 10.6 Å². The highest BCUT2D eigenvalue weighted by molar-refractivity contribution is 6.09. The van der Waals surface area contributed by atoms with Gasteiger partial charge in [-0.2, -0.15) is 13.2 Å². The minimum atomic E-state index is -4.04. The normalized spacial score (nSPS) is 29.1. The first-order valence-corrected chi connectivity index (χ1v) is 9.07. The quantitative estimate of drug-likeness (QED) is 0.800. The number of hydrogen-bond donors (Lipinski definition) is 2. The number of halogens is 3. The lowest BCUT2D eigenvalue weighted by atomic mass is 9.79. The Kier molecular flexibility index (Phi) is 6.51. The fraction of sp³-hybridized carbons (Fsp3) is 0.889. The van der Waals surface area contributed by atoms with Crippen LogP contribution in [-0.2, 0) is 4.79 Å². The highest BCUT2D eigenvalue weighted by Gasteiger charge is 2.45. The molecule has 0 unspecified atom stereocenters. The number of amidine groups is 1. The fourth-order valence-corrected chi connectivity index (χ4v) is 4.23. The van der Waals surface area contributed by atoms with Crippen molar-refractivity contribution in [1.82, 2.24) is 10.6 Å². The van der Waals surface area contributed by atoms with Crippen LogP contribution in [0.5, 0.6) is 0 Å². The number of carbonyl (C=O) groups is 1. The summed E-state index contributed by atoms with van der Waals surface area (Å²) in [6.07, 6.45) is 1.37. The van der Waals surface area contributed by atoms with Crippen molar-refractivity contribution in [2.45, 2.75) is 76.9 Å². The van der Waals surface area contributed by atoms with Gasteiger partial charge in [-0.3, -0.25) is 9.79 Å². The summed E-state index contributed by atoms with van der Waals surface area (Å²) in [5.41, 5.74) is -0.565. The smallest absolute Gasteiger partial charge is 0.317 e. The number of aliphatic imine (C=N–C) groups is 1. The summed E-state index contributed by atoms with van der Waals surface area (Å²) in [5.74, 6) is 1.51. The van der Waals surface area contributed by atoms with E-state index in [0.717, 1.165) is 57.5 Å². The first-order valence-electron chi connectivity index (χ1n) is 9.07. The Hall–Kier alpha value is -1.11. The van der Waals surface area contributed by atoms with Crippen LogP contribution in [0.3, 0.4) is 0 Å². The number of hydrogen-bond acceptors (Lipinski definition) is 3. The van der Waals surface area contributed by atoms with Crippen molar-refractivity contribution in [1.29, 1.82) is 0 Å². The van der Waals surface area contributed by atoms with Gasteiger partial charge in [-0.25, -0.2) is 0 Å². The molecule has 0 radical (unpaired) electrons. The summed E-state index contributed by atoms with van der Waals surface area (Å²) < 4.78 is 36.7. The summed E-state index contributed by atoms with van der Waals surface area (Å²) in [4.78, 5) is 17.1. The number of carbonyl (C=O) groups excluding carboxylic acids is 1. The molecule has 2 N–H and O–H groups in total. The third-order valence-corrected chi connectivity index (χ3v) is 5.74. The zero-order valence-corrected chi connectivity index (χ0v) is 13.9. The van der Waals surface area contributed by atoms with E-state index in [9.17, 15) is 18.0 Å². The molecular formula is C18H30F3N3O. The molecule has 2 aliphatic heterocycles. The monoisotopic (exact) mass is 361 g/mol. The van der Waals surface area contributed by atoms with Crippen LogP contribution in [0, 0.1) is 11.8 Å². The standard InChI is InChI=1S/C17H26F3N3O.CH4/c18-17(19,20)7-1-2-12-3-5-13(6-4-12)14-22-15(24)16(23-14)8-10-21-11-9-16;/h12-13,21H,1-11H2,(H,22,23,24);1H4.